The molecule has 0 spiro atoms. The van der Waals surface area contributed by atoms with Crippen LogP contribution in [0.3, 0.4) is 0 Å². The zero-order valence-electron chi connectivity index (χ0n) is 7.90. The maximum Gasteiger partial charge on any atom is 0.195 e. The van der Waals surface area contributed by atoms with Crippen molar-refractivity contribution in [2.75, 3.05) is 19.9 Å². The highest BCUT2D eigenvalue weighted by atomic mass is 35.7. The van der Waals surface area contributed by atoms with Gasteiger partial charge >= 0.3 is 0 Å². The maximum absolute atomic E-state index is 11.7. The lowest BCUT2D eigenvalue weighted by Crippen LogP contribution is -1.95. The second kappa shape index (κ2) is 5.53. The highest BCUT2D eigenvalue weighted by Crippen LogP contribution is 2.67. The van der Waals surface area contributed by atoms with E-state index in [-0.39, 0.29) is 13.2 Å². The summed E-state index contributed by atoms with van der Waals surface area (Å²) in [5.74, 6) is 0.981. The zero-order valence-corrected chi connectivity index (χ0v) is 10.4. The first kappa shape index (κ1) is 13.7. The van der Waals surface area contributed by atoms with E-state index >= 15 is 0 Å². The van der Waals surface area contributed by atoms with Gasteiger partial charge in [-0.25, -0.2) is 0 Å². The van der Waals surface area contributed by atoms with E-state index in [0.29, 0.717) is 0 Å². The molecule has 0 aromatic rings. The smallest absolute Gasteiger partial charge is 0.195 e. The molecule has 7 heteroatoms. The standard InChI is InChI=1S/C6H14ClO4P2/c1-4-10-13(9,11-5-2)6-12(3,7)8/h6H,4-5H2,1-3H3/q-1. The van der Waals surface area contributed by atoms with Gasteiger partial charge in [-0.15, -0.1) is 5.90 Å². The van der Waals surface area contributed by atoms with Gasteiger partial charge in [-0.3, -0.25) is 4.57 Å². The molecule has 0 aromatic heterocycles. The Morgan fingerprint density at radius 3 is 1.85 bits per heavy atom. The molecule has 0 amide bonds. The molecule has 0 rings (SSSR count). The first-order valence-corrected chi connectivity index (χ1v) is 8.59. The Balaban J connectivity index is 4.42. The molecule has 1 unspecified atom stereocenters. The molecule has 0 radical (unpaired) electrons. The Morgan fingerprint density at radius 1 is 1.23 bits per heavy atom. The van der Waals surface area contributed by atoms with Gasteiger partial charge in [-0.1, -0.05) is 11.2 Å². The third-order valence-corrected chi connectivity index (χ3v) is 5.77. The predicted octanol–water partition coefficient (Wildman–Crippen LogP) is 3.52. The van der Waals surface area contributed by atoms with Crippen LogP contribution < -0.4 is 0 Å². The van der Waals surface area contributed by atoms with Crippen molar-refractivity contribution in [1.82, 2.24) is 0 Å². The molecule has 0 aliphatic carbocycles. The van der Waals surface area contributed by atoms with Crippen molar-refractivity contribution in [1.29, 1.82) is 0 Å². The zero-order chi connectivity index (χ0) is 10.5. The van der Waals surface area contributed by atoms with Crippen molar-refractivity contribution < 1.29 is 18.2 Å². The van der Waals surface area contributed by atoms with Crippen molar-refractivity contribution >= 4 is 25.3 Å². The van der Waals surface area contributed by atoms with Crippen LogP contribution in [0.15, 0.2) is 0 Å². The fourth-order valence-corrected chi connectivity index (χ4v) is 5.03. The summed E-state index contributed by atoms with van der Waals surface area (Å²) in [6.07, 6.45) is 0. The van der Waals surface area contributed by atoms with Crippen LogP contribution in [0, 0.1) is 5.90 Å². The molecular weight excluding hydrogens is 233 g/mol. The third kappa shape index (κ3) is 6.70. The lowest BCUT2D eigenvalue weighted by molar-refractivity contribution is 0.227. The summed E-state index contributed by atoms with van der Waals surface area (Å²) < 4.78 is 32.6. The van der Waals surface area contributed by atoms with Crippen molar-refractivity contribution in [3.05, 3.63) is 5.90 Å². The van der Waals surface area contributed by atoms with E-state index in [1.54, 1.807) is 13.8 Å². The summed E-state index contributed by atoms with van der Waals surface area (Å²) in [7, 11) is -3.36. The lowest BCUT2D eigenvalue weighted by Gasteiger charge is -2.27. The van der Waals surface area contributed by atoms with Crippen LogP contribution in [0.25, 0.3) is 0 Å². The average Bonchev–Trinajstić information content (AvgIpc) is 1.82. The third-order valence-electron chi connectivity index (χ3n) is 0.966. The van der Waals surface area contributed by atoms with Gasteiger partial charge in [0, 0.05) is 6.49 Å². The van der Waals surface area contributed by atoms with Gasteiger partial charge in [-0.05, 0) is 20.5 Å². The normalized spacial score (nSPS) is 16.9. The minimum absolute atomic E-state index is 0.227. The summed E-state index contributed by atoms with van der Waals surface area (Å²) in [5.41, 5.74) is 0. The summed E-state index contributed by atoms with van der Waals surface area (Å²) in [6.45, 7) is 2.08. The molecule has 0 bridgehead atoms. The Morgan fingerprint density at radius 2 is 1.62 bits per heavy atom. The van der Waals surface area contributed by atoms with Crippen LogP contribution in [0.1, 0.15) is 13.8 Å². The molecule has 0 N–H and O–H groups in total. The Hall–Kier alpha value is 0.670. The van der Waals surface area contributed by atoms with E-state index in [1.807, 2.05) is 0 Å². The maximum atomic E-state index is 11.7. The molecule has 0 aliphatic rings. The second-order valence-electron chi connectivity index (χ2n) is 2.37. The van der Waals surface area contributed by atoms with E-state index in [0.717, 1.165) is 5.90 Å². The number of hydrogen-bond donors (Lipinski definition) is 0. The van der Waals surface area contributed by atoms with E-state index in [1.165, 1.54) is 6.66 Å². The summed E-state index contributed by atoms with van der Waals surface area (Å²) in [6, 6.07) is 0. The highest BCUT2D eigenvalue weighted by molar-refractivity contribution is 7.97. The van der Waals surface area contributed by atoms with E-state index in [2.05, 4.69) is 0 Å². The van der Waals surface area contributed by atoms with E-state index < -0.39 is 14.1 Å². The Bertz CT molecular complexity index is 227. The number of halogens is 1. The van der Waals surface area contributed by atoms with Crippen LogP contribution in [0.2, 0.25) is 0 Å². The summed E-state index contributed by atoms with van der Waals surface area (Å²) in [4.78, 5) is 0. The van der Waals surface area contributed by atoms with Gasteiger partial charge in [0.05, 0.1) is 13.2 Å². The molecule has 0 saturated heterocycles. The van der Waals surface area contributed by atoms with Crippen molar-refractivity contribution in [3.8, 4) is 0 Å². The van der Waals surface area contributed by atoms with Crippen LogP contribution >= 0.6 is 25.3 Å². The molecule has 13 heavy (non-hydrogen) atoms. The highest BCUT2D eigenvalue weighted by Gasteiger charge is 2.19. The fraction of sp³-hybridized carbons (Fsp3) is 0.833. The van der Waals surface area contributed by atoms with Crippen molar-refractivity contribution in [2.45, 2.75) is 13.8 Å². The van der Waals surface area contributed by atoms with Gasteiger partial charge in [-0.2, -0.15) is 0 Å². The minimum Gasteiger partial charge on any atom is -0.341 e. The van der Waals surface area contributed by atoms with Gasteiger partial charge in [0.15, 0.2) is 7.60 Å². The van der Waals surface area contributed by atoms with Crippen LogP contribution in [0.4, 0.5) is 0 Å². The second-order valence-corrected chi connectivity index (χ2v) is 8.67. The van der Waals surface area contributed by atoms with Gasteiger partial charge in [0.25, 0.3) is 0 Å². The monoisotopic (exact) mass is 247 g/mol. The molecule has 0 aromatic carbocycles. The van der Waals surface area contributed by atoms with E-state index in [9.17, 15) is 9.13 Å². The first-order chi connectivity index (χ1) is 5.83. The average molecular weight is 248 g/mol. The molecule has 0 heterocycles. The summed E-state index contributed by atoms with van der Waals surface area (Å²) >= 11 is 5.46. The molecular formula is C6H14ClO4P2-. The van der Waals surface area contributed by atoms with Gasteiger partial charge in [0.2, 0.25) is 0 Å². The first-order valence-electron chi connectivity index (χ1n) is 3.85. The lowest BCUT2D eigenvalue weighted by atomic mass is 10.9. The molecule has 1 atom stereocenters. The van der Waals surface area contributed by atoms with Crippen molar-refractivity contribution in [3.63, 3.8) is 0 Å². The van der Waals surface area contributed by atoms with E-state index in [4.69, 9.17) is 20.3 Å². The Kier molecular flexibility index (Phi) is 5.81. The summed E-state index contributed by atoms with van der Waals surface area (Å²) in [5, 5.41) is 0. The molecule has 0 aliphatic heterocycles. The van der Waals surface area contributed by atoms with Crippen LogP contribution in [-0.2, 0) is 18.2 Å². The van der Waals surface area contributed by atoms with Crippen LogP contribution in [-0.4, -0.2) is 19.9 Å². The SMILES string of the molecule is CCOP(=O)([CH-]P(C)(=O)Cl)OCC. The quantitative estimate of drug-likeness (QED) is 0.532. The van der Waals surface area contributed by atoms with Crippen molar-refractivity contribution in [2.24, 2.45) is 0 Å². The van der Waals surface area contributed by atoms with Crippen LogP contribution in [0.5, 0.6) is 0 Å². The topological polar surface area (TPSA) is 52.6 Å². The number of hydrogen-bond acceptors (Lipinski definition) is 4. The molecule has 0 fully saturated rings. The molecule has 0 saturated carbocycles. The number of rotatable bonds is 6. The van der Waals surface area contributed by atoms with Gasteiger partial charge < -0.3 is 13.6 Å². The Labute approximate surface area is 83.6 Å². The largest absolute Gasteiger partial charge is 0.341 e. The van der Waals surface area contributed by atoms with Gasteiger partial charge in [0.1, 0.15) is 0 Å². The molecule has 80 valence electrons. The minimum atomic E-state index is -3.36. The fourth-order valence-electron chi connectivity index (χ4n) is 0.716. The molecule has 4 nitrogen and oxygen atoms in total. The predicted molar refractivity (Wildman–Crippen MR) is 54.5 cm³/mol.